The highest BCUT2D eigenvalue weighted by atomic mass is 32.2. The van der Waals surface area contributed by atoms with Gasteiger partial charge in [0.05, 0.1) is 19.1 Å². The van der Waals surface area contributed by atoms with Gasteiger partial charge in [0.25, 0.3) is 15.9 Å². The number of nitrogens with zero attached hydrogens (tertiary/aromatic N) is 2. The van der Waals surface area contributed by atoms with E-state index in [1.54, 1.807) is 12.1 Å². The monoisotopic (exact) mass is 472 g/mol. The first-order chi connectivity index (χ1) is 15.8. The Kier molecular flexibility index (Phi) is 7.67. The lowest BCUT2D eigenvalue weighted by molar-refractivity contribution is -0.122. The number of carbonyl (C=O) groups is 1. The van der Waals surface area contributed by atoms with Crippen molar-refractivity contribution in [2.45, 2.75) is 24.3 Å². The van der Waals surface area contributed by atoms with Gasteiger partial charge in [0.2, 0.25) is 5.88 Å². The van der Waals surface area contributed by atoms with Crippen molar-refractivity contribution in [3.8, 4) is 17.6 Å². The second-order valence-electron chi connectivity index (χ2n) is 6.73. The number of sulfonamides is 1. The zero-order chi connectivity index (χ0) is 23.8. The number of amides is 1. The van der Waals surface area contributed by atoms with Crippen LogP contribution in [0.15, 0.2) is 65.6 Å². The first-order valence-corrected chi connectivity index (χ1v) is 11.5. The van der Waals surface area contributed by atoms with E-state index in [1.807, 2.05) is 25.1 Å². The number of benzene rings is 2. The Morgan fingerprint density at radius 1 is 1.00 bits per heavy atom. The van der Waals surface area contributed by atoms with Crippen LogP contribution in [-0.4, -0.2) is 44.6 Å². The highest BCUT2D eigenvalue weighted by Gasteiger charge is 2.20. The van der Waals surface area contributed by atoms with Crippen LogP contribution in [0.25, 0.3) is 0 Å². The third-order valence-electron chi connectivity index (χ3n) is 4.43. The van der Waals surface area contributed by atoms with Gasteiger partial charge in [0, 0.05) is 11.8 Å². The van der Waals surface area contributed by atoms with Gasteiger partial charge in [-0.2, -0.15) is 9.97 Å². The number of aromatic nitrogens is 2. The number of ether oxygens (including phenoxy) is 3. The van der Waals surface area contributed by atoms with Gasteiger partial charge in [0.1, 0.15) is 5.75 Å². The Labute approximate surface area is 192 Å². The average molecular weight is 473 g/mol. The molecule has 0 bridgehead atoms. The first kappa shape index (κ1) is 23.8. The van der Waals surface area contributed by atoms with Crippen LogP contribution in [0.4, 0.5) is 11.5 Å². The SMILES string of the molecule is CCC(Oc1ccccc1)C(=O)Nc1ccc(S(=O)(=O)Nc2cc(OC)nc(OC)n2)cc1. The number of methoxy groups -OCH3 is 2. The molecular weight excluding hydrogens is 448 g/mol. The minimum absolute atomic E-state index is 0.0140. The maximum absolute atomic E-state index is 12.7. The average Bonchev–Trinajstić information content (AvgIpc) is 2.82. The van der Waals surface area contributed by atoms with Gasteiger partial charge >= 0.3 is 6.01 Å². The van der Waals surface area contributed by atoms with Crippen molar-refractivity contribution in [3.63, 3.8) is 0 Å². The van der Waals surface area contributed by atoms with E-state index in [-0.39, 0.29) is 28.5 Å². The van der Waals surface area contributed by atoms with Crippen molar-refractivity contribution >= 4 is 27.4 Å². The summed E-state index contributed by atoms with van der Waals surface area (Å²) in [6, 6.07) is 16.0. The Morgan fingerprint density at radius 2 is 1.70 bits per heavy atom. The van der Waals surface area contributed by atoms with Crippen LogP contribution in [0.5, 0.6) is 17.6 Å². The van der Waals surface area contributed by atoms with Gasteiger partial charge in [-0.25, -0.2) is 8.42 Å². The van der Waals surface area contributed by atoms with E-state index in [9.17, 15) is 13.2 Å². The van der Waals surface area contributed by atoms with Crippen LogP contribution in [0.2, 0.25) is 0 Å². The molecule has 0 radical (unpaired) electrons. The predicted octanol–water partition coefficient (Wildman–Crippen LogP) is 3.09. The molecule has 0 aliphatic carbocycles. The summed E-state index contributed by atoms with van der Waals surface area (Å²) in [5.74, 6) is 0.376. The fraction of sp³-hybridized carbons (Fsp3) is 0.227. The molecule has 0 saturated heterocycles. The molecule has 0 aliphatic heterocycles. The second-order valence-corrected chi connectivity index (χ2v) is 8.41. The highest BCUT2D eigenvalue weighted by Crippen LogP contribution is 2.22. The molecule has 3 rings (SSSR count). The number of carbonyl (C=O) groups excluding carboxylic acids is 1. The van der Waals surface area contributed by atoms with Crippen LogP contribution < -0.4 is 24.2 Å². The molecule has 2 aromatic carbocycles. The van der Waals surface area contributed by atoms with E-state index in [2.05, 4.69) is 20.0 Å². The smallest absolute Gasteiger partial charge is 0.321 e. The summed E-state index contributed by atoms with van der Waals surface area (Å²) in [5, 5.41) is 2.74. The van der Waals surface area contributed by atoms with Crippen molar-refractivity contribution in [2.75, 3.05) is 24.3 Å². The second kappa shape index (κ2) is 10.6. The summed E-state index contributed by atoms with van der Waals surface area (Å²) in [6.07, 6.45) is -0.233. The predicted molar refractivity (Wildman–Crippen MR) is 122 cm³/mol. The Morgan fingerprint density at radius 3 is 2.30 bits per heavy atom. The molecule has 0 spiro atoms. The van der Waals surface area contributed by atoms with Crippen LogP contribution in [0, 0.1) is 0 Å². The molecule has 1 unspecified atom stereocenters. The molecule has 11 heteroatoms. The number of nitrogens with one attached hydrogen (secondary N) is 2. The Bertz CT molecular complexity index is 1170. The Balaban J connectivity index is 1.69. The summed E-state index contributed by atoms with van der Waals surface area (Å²) in [5.41, 5.74) is 0.430. The van der Waals surface area contributed by atoms with Crippen molar-refractivity contribution in [1.82, 2.24) is 9.97 Å². The molecule has 1 amide bonds. The van der Waals surface area contributed by atoms with E-state index >= 15 is 0 Å². The summed E-state index contributed by atoms with van der Waals surface area (Å²) in [6.45, 7) is 1.84. The number of anilines is 2. The minimum Gasteiger partial charge on any atom is -0.481 e. The molecular formula is C22H24N4O6S. The summed E-state index contributed by atoms with van der Waals surface area (Å²) in [7, 11) is -1.21. The van der Waals surface area contributed by atoms with Crippen molar-refractivity contribution in [3.05, 3.63) is 60.7 Å². The van der Waals surface area contributed by atoms with E-state index in [0.29, 0.717) is 17.9 Å². The summed E-state index contributed by atoms with van der Waals surface area (Å²) < 4.78 is 43.5. The number of para-hydroxylation sites is 1. The molecule has 0 aliphatic rings. The molecule has 1 heterocycles. The van der Waals surface area contributed by atoms with Crippen LogP contribution >= 0.6 is 0 Å². The minimum atomic E-state index is -3.96. The quantitative estimate of drug-likeness (QED) is 0.461. The van der Waals surface area contributed by atoms with Gasteiger partial charge < -0.3 is 19.5 Å². The maximum atomic E-state index is 12.7. The molecule has 33 heavy (non-hydrogen) atoms. The number of hydrogen-bond donors (Lipinski definition) is 2. The molecule has 3 aromatic rings. The molecule has 0 fully saturated rings. The first-order valence-electron chi connectivity index (χ1n) is 9.97. The third-order valence-corrected chi connectivity index (χ3v) is 5.80. The fourth-order valence-corrected chi connectivity index (χ4v) is 3.77. The van der Waals surface area contributed by atoms with E-state index < -0.39 is 16.1 Å². The van der Waals surface area contributed by atoms with Crippen molar-refractivity contribution < 1.29 is 27.4 Å². The molecule has 1 atom stereocenters. The van der Waals surface area contributed by atoms with Gasteiger partial charge in [-0.3, -0.25) is 9.52 Å². The lowest BCUT2D eigenvalue weighted by atomic mass is 10.2. The fourth-order valence-electron chi connectivity index (χ4n) is 2.77. The zero-order valence-electron chi connectivity index (χ0n) is 18.3. The molecule has 0 saturated carbocycles. The maximum Gasteiger partial charge on any atom is 0.321 e. The highest BCUT2D eigenvalue weighted by molar-refractivity contribution is 7.92. The largest absolute Gasteiger partial charge is 0.481 e. The van der Waals surface area contributed by atoms with Crippen LogP contribution in [-0.2, 0) is 14.8 Å². The summed E-state index contributed by atoms with van der Waals surface area (Å²) in [4.78, 5) is 20.4. The van der Waals surface area contributed by atoms with Gasteiger partial charge in [-0.05, 0) is 42.8 Å². The molecule has 10 nitrogen and oxygen atoms in total. The topological polar surface area (TPSA) is 129 Å². The summed E-state index contributed by atoms with van der Waals surface area (Å²) >= 11 is 0. The van der Waals surface area contributed by atoms with Crippen LogP contribution in [0.1, 0.15) is 13.3 Å². The van der Waals surface area contributed by atoms with Crippen molar-refractivity contribution in [2.24, 2.45) is 0 Å². The zero-order valence-corrected chi connectivity index (χ0v) is 19.1. The van der Waals surface area contributed by atoms with Gasteiger partial charge in [-0.15, -0.1) is 0 Å². The normalized spacial score (nSPS) is 11.8. The lowest BCUT2D eigenvalue weighted by Crippen LogP contribution is -2.32. The van der Waals surface area contributed by atoms with E-state index in [0.717, 1.165) is 0 Å². The van der Waals surface area contributed by atoms with Gasteiger partial charge in [0.15, 0.2) is 11.9 Å². The van der Waals surface area contributed by atoms with E-state index in [1.165, 1.54) is 44.6 Å². The number of rotatable bonds is 10. The Hall–Kier alpha value is -3.86. The van der Waals surface area contributed by atoms with Gasteiger partial charge in [-0.1, -0.05) is 25.1 Å². The standard InChI is InChI=1S/C22H24N4O6S/c1-4-18(32-16-8-6-5-7-9-16)21(27)23-15-10-12-17(13-11-15)33(28,29)26-19-14-20(30-2)25-22(24-19)31-3/h5-14,18H,4H2,1-3H3,(H,23,27)(H,24,25,26). The van der Waals surface area contributed by atoms with Crippen molar-refractivity contribution in [1.29, 1.82) is 0 Å². The van der Waals surface area contributed by atoms with E-state index in [4.69, 9.17) is 14.2 Å². The lowest BCUT2D eigenvalue weighted by Gasteiger charge is -2.17. The van der Waals surface area contributed by atoms with Crippen LogP contribution in [0.3, 0.4) is 0 Å². The third kappa shape index (κ3) is 6.32. The number of hydrogen-bond acceptors (Lipinski definition) is 8. The molecule has 2 N–H and O–H groups in total. The molecule has 1 aromatic heterocycles. The molecule has 174 valence electrons.